The van der Waals surface area contributed by atoms with Gasteiger partial charge in [0.25, 0.3) is 5.78 Å². The highest BCUT2D eigenvalue weighted by Gasteiger charge is 2.21. The number of hydrogen-bond donors (Lipinski definition) is 2. The molecule has 0 unspecified atom stereocenters. The van der Waals surface area contributed by atoms with E-state index in [0.29, 0.717) is 18.2 Å². The van der Waals surface area contributed by atoms with Crippen LogP contribution >= 0.6 is 0 Å². The van der Waals surface area contributed by atoms with Gasteiger partial charge in [-0.05, 0) is 45.4 Å². The fraction of sp³-hybridized carbons (Fsp3) is 0.625. The standard InChI is InChI=1S/C16H24N6O/c1-9-4-6-12(7-5-9)19-14(23)8-13-10(2)18-16-20-15(17)21-22(16)11(13)3/h9,12H,4-8H2,1-3H3,(H2,17,21)(H,19,23). The highest BCUT2D eigenvalue weighted by Crippen LogP contribution is 2.23. The van der Waals surface area contributed by atoms with Crippen LogP contribution in [0.4, 0.5) is 5.95 Å². The van der Waals surface area contributed by atoms with E-state index in [0.717, 1.165) is 35.7 Å². The average Bonchev–Trinajstić information content (AvgIpc) is 2.86. The summed E-state index contributed by atoms with van der Waals surface area (Å²) >= 11 is 0. The van der Waals surface area contributed by atoms with Crippen molar-refractivity contribution in [3.8, 4) is 0 Å². The quantitative estimate of drug-likeness (QED) is 0.895. The summed E-state index contributed by atoms with van der Waals surface area (Å²) in [5, 5.41) is 7.29. The molecule has 1 aliphatic carbocycles. The molecule has 0 spiro atoms. The first kappa shape index (κ1) is 15.7. The first-order valence-electron chi connectivity index (χ1n) is 8.21. The van der Waals surface area contributed by atoms with Gasteiger partial charge in [-0.15, -0.1) is 5.10 Å². The zero-order valence-corrected chi connectivity index (χ0v) is 14.0. The van der Waals surface area contributed by atoms with E-state index in [2.05, 4.69) is 27.3 Å². The number of rotatable bonds is 3. The summed E-state index contributed by atoms with van der Waals surface area (Å²) < 4.78 is 1.60. The van der Waals surface area contributed by atoms with E-state index in [9.17, 15) is 4.79 Å². The lowest BCUT2D eigenvalue weighted by Gasteiger charge is -2.27. The van der Waals surface area contributed by atoms with Gasteiger partial charge in [0, 0.05) is 23.0 Å². The summed E-state index contributed by atoms with van der Waals surface area (Å²) in [6, 6.07) is 0.304. The van der Waals surface area contributed by atoms with Crippen molar-refractivity contribution in [3.63, 3.8) is 0 Å². The largest absolute Gasteiger partial charge is 0.366 e. The van der Waals surface area contributed by atoms with Gasteiger partial charge in [0.15, 0.2) is 0 Å². The molecule has 2 aromatic heterocycles. The predicted molar refractivity (Wildman–Crippen MR) is 87.9 cm³/mol. The van der Waals surface area contributed by atoms with Crippen LogP contribution in [0.15, 0.2) is 0 Å². The van der Waals surface area contributed by atoms with Crippen LogP contribution in [0.2, 0.25) is 0 Å². The van der Waals surface area contributed by atoms with E-state index in [1.165, 1.54) is 12.8 Å². The van der Waals surface area contributed by atoms with Gasteiger partial charge in [-0.3, -0.25) is 4.79 Å². The lowest BCUT2D eigenvalue weighted by molar-refractivity contribution is -0.121. The van der Waals surface area contributed by atoms with Gasteiger partial charge < -0.3 is 11.1 Å². The van der Waals surface area contributed by atoms with E-state index in [-0.39, 0.29) is 11.9 Å². The average molecular weight is 316 g/mol. The Morgan fingerprint density at radius 2 is 1.96 bits per heavy atom. The van der Waals surface area contributed by atoms with Gasteiger partial charge in [-0.1, -0.05) is 6.92 Å². The van der Waals surface area contributed by atoms with Crippen molar-refractivity contribution in [2.45, 2.75) is 58.9 Å². The van der Waals surface area contributed by atoms with Crippen molar-refractivity contribution >= 4 is 17.6 Å². The van der Waals surface area contributed by atoms with Crippen LogP contribution in [0.5, 0.6) is 0 Å². The highest BCUT2D eigenvalue weighted by atomic mass is 16.1. The molecule has 0 saturated heterocycles. The van der Waals surface area contributed by atoms with Gasteiger partial charge in [-0.2, -0.15) is 9.50 Å². The van der Waals surface area contributed by atoms with Gasteiger partial charge >= 0.3 is 0 Å². The Bertz CT molecular complexity index is 730. The Morgan fingerprint density at radius 3 is 2.65 bits per heavy atom. The monoisotopic (exact) mass is 316 g/mol. The van der Waals surface area contributed by atoms with Crippen LogP contribution in [0.1, 0.15) is 49.6 Å². The molecule has 0 radical (unpaired) electrons. The number of amides is 1. The number of nitrogens with two attached hydrogens (primary N) is 1. The molecule has 0 aromatic carbocycles. The molecule has 0 aliphatic heterocycles. The van der Waals surface area contributed by atoms with Gasteiger partial charge in [0.2, 0.25) is 11.9 Å². The van der Waals surface area contributed by atoms with E-state index in [1.54, 1.807) is 4.52 Å². The highest BCUT2D eigenvalue weighted by molar-refractivity contribution is 5.79. The van der Waals surface area contributed by atoms with Crippen molar-refractivity contribution < 1.29 is 4.79 Å². The summed E-state index contributed by atoms with van der Waals surface area (Å²) in [4.78, 5) is 20.9. The molecule has 7 nitrogen and oxygen atoms in total. The smallest absolute Gasteiger partial charge is 0.254 e. The normalized spacial score (nSPS) is 21.5. The first-order valence-corrected chi connectivity index (χ1v) is 8.21. The molecule has 3 rings (SSSR count). The Morgan fingerprint density at radius 1 is 1.26 bits per heavy atom. The zero-order valence-electron chi connectivity index (χ0n) is 14.0. The summed E-state index contributed by atoms with van der Waals surface area (Å²) in [6.45, 7) is 6.08. The molecule has 1 fully saturated rings. The maximum absolute atomic E-state index is 12.4. The third-order valence-corrected chi connectivity index (χ3v) is 4.78. The van der Waals surface area contributed by atoms with Crippen LogP contribution in [0, 0.1) is 19.8 Å². The number of carbonyl (C=O) groups is 1. The molecule has 23 heavy (non-hydrogen) atoms. The molecule has 7 heteroatoms. The van der Waals surface area contributed by atoms with Crippen molar-refractivity contribution in [3.05, 3.63) is 17.0 Å². The molecule has 124 valence electrons. The second-order valence-corrected chi connectivity index (χ2v) is 6.64. The Kier molecular flexibility index (Phi) is 4.19. The number of fused-ring (bicyclic) bond motifs is 1. The summed E-state index contributed by atoms with van der Waals surface area (Å²) in [6.07, 6.45) is 4.83. The molecule has 2 aromatic rings. The number of anilines is 1. The molecule has 1 saturated carbocycles. The number of nitrogen functional groups attached to an aromatic ring is 1. The van der Waals surface area contributed by atoms with Crippen molar-refractivity contribution in [2.75, 3.05) is 5.73 Å². The van der Waals surface area contributed by atoms with Crippen LogP contribution in [-0.4, -0.2) is 31.5 Å². The third kappa shape index (κ3) is 3.28. The second kappa shape index (κ2) is 6.14. The van der Waals surface area contributed by atoms with E-state index >= 15 is 0 Å². The molecular weight excluding hydrogens is 292 g/mol. The van der Waals surface area contributed by atoms with Crippen LogP contribution in [0.3, 0.4) is 0 Å². The van der Waals surface area contributed by atoms with Crippen molar-refractivity contribution in [2.24, 2.45) is 5.92 Å². The number of aromatic nitrogens is 4. The Hall–Kier alpha value is -2.18. The topological polar surface area (TPSA) is 98.2 Å². The number of hydrogen-bond acceptors (Lipinski definition) is 5. The summed E-state index contributed by atoms with van der Waals surface area (Å²) in [7, 11) is 0. The van der Waals surface area contributed by atoms with Crippen molar-refractivity contribution in [1.29, 1.82) is 0 Å². The lowest BCUT2D eigenvalue weighted by Crippen LogP contribution is -2.38. The third-order valence-electron chi connectivity index (χ3n) is 4.78. The SMILES string of the molecule is Cc1nc2nc(N)nn2c(C)c1CC(=O)NC1CCC(C)CC1. The van der Waals surface area contributed by atoms with E-state index in [1.807, 2.05) is 13.8 Å². The fourth-order valence-electron chi connectivity index (χ4n) is 3.32. The van der Waals surface area contributed by atoms with Crippen LogP contribution in [0.25, 0.3) is 5.78 Å². The lowest BCUT2D eigenvalue weighted by atomic mass is 9.87. The molecule has 1 amide bonds. The minimum absolute atomic E-state index is 0.0463. The van der Waals surface area contributed by atoms with Gasteiger partial charge in [-0.25, -0.2) is 4.98 Å². The van der Waals surface area contributed by atoms with E-state index < -0.39 is 0 Å². The molecule has 3 N–H and O–H groups in total. The second-order valence-electron chi connectivity index (χ2n) is 6.64. The summed E-state index contributed by atoms with van der Waals surface area (Å²) in [5.74, 6) is 1.49. The van der Waals surface area contributed by atoms with Crippen LogP contribution < -0.4 is 11.1 Å². The van der Waals surface area contributed by atoms with Crippen LogP contribution in [-0.2, 0) is 11.2 Å². The number of nitrogens with zero attached hydrogens (tertiary/aromatic N) is 4. The predicted octanol–water partition coefficient (Wildman–Crippen LogP) is 1.56. The molecule has 1 aliphatic rings. The molecule has 0 atom stereocenters. The Balaban J connectivity index is 1.74. The summed E-state index contributed by atoms with van der Waals surface area (Å²) in [5.41, 5.74) is 8.19. The Labute approximate surface area is 135 Å². The molecular formula is C16H24N6O. The van der Waals surface area contributed by atoms with Crippen molar-refractivity contribution in [1.82, 2.24) is 24.9 Å². The number of aryl methyl sites for hydroxylation is 2. The molecule has 0 bridgehead atoms. The van der Waals surface area contributed by atoms with E-state index in [4.69, 9.17) is 5.73 Å². The fourth-order valence-corrected chi connectivity index (χ4v) is 3.32. The zero-order chi connectivity index (χ0) is 16.6. The van der Waals surface area contributed by atoms with Gasteiger partial charge in [0.05, 0.1) is 6.42 Å². The minimum atomic E-state index is 0.0463. The maximum atomic E-state index is 12.4. The number of nitrogens with one attached hydrogen (secondary N) is 1. The minimum Gasteiger partial charge on any atom is -0.366 e. The number of carbonyl (C=O) groups excluding carboxylic acids is 1. The maximum Gasteiger partial charge on any atom is 0.254 e. The first-order chi connectivity index (χ1) is 10.9. The molecule has 2 heterocycles. The van der Waals surface area contributed by atoms with Gasteiger partial charge in [0.1, 0.15) is 0 Å².